The normalized spacial score (nSPS) is 14.7. The van der Waals surface area contributed by atoms with E-state index in [0.717, 1.165) is 12.0 Å². The summed E-state index contributed by atoms with van der Waals surface area (Å²) in [4.78, 5) is 0. The Balaban J connectivity index is 2.85. The van der Waals surface area contributed by atoms with Crippen molar-refractivity contribution in [2.24, 2.45) is 11.7 Å². The molecule has 0 saturated heterocycles. The molecule has 0 heterocycles. The molecule has 1 aromatic rings. The Hall–Kier alpha value is -0.890. The summed E-state index contributed by atoms with van der Waals surface area (Å²) in [5, 5.41) is 0. The topological polar surface area (TPSA) is 26.0 Å². The minimum absolute atomic E-state index is 0.0135. The number of unbranched alkanes of at least 4 members (excludes halogenated alkanes) is 1. The van der Waals surface area contributed by atoms with Gasteiger partial charge in [0.05, 0.1) is 0 Å². The smallest absolute Gasteiger partial charge is 0.129 e. The molecule has 2 unspecified atom stereocenters. The molecule has 2 heteroatoms. The third kappa shape index (κ3) is 3.53. The van der Waals surface area contributed by atoms with Crippen molar-refractivity contribution in [3.05, 3.63) is 34.6 Å². The van der Waals surface area contributed by atoms with Crippen LogP contribution >= 0.6 is 0 Å². The van der Waals surface area contributed by atoms with Crippen LogP contribution in [-0.4, -0.2) is 0 Å². The molecule has 2 N–H and O–H groups in total. The van der Waals surface area contributed by atoms with Crippen LogP contribution in [0.25, 0.3) is 0 Å². The highest BCUT2D eigenvalue weighted by molar-refractivity contribution is 5.32. The van der Waals surface area contributed by atoms with Crippen molar-refractivity contribution in [3.63, 3.8) is 0 Å². The van der Waals surface area contributed by atoms with E-state index in [1.54, 1.807) is 13.8 Å². The standard InChI is InChI=1S/C15H24FN/c1-5-6-7-10(2)15(17)13-8-11(3)14(16)12(4)9-13/h8-10,15H,5-7,17H2,1-4H3. The van der Waals surface area contributed by atoms with E-state index in [1.165, 1.54) is 12.8 Å². The van der Waals surface area contributed by atoms with Crippen LogP contribution in [-0.2, 0) is 0 Å². The Morgan fingerprint density at radius 1 is 1.24 bits per heavy atom. The van der Waals surface area contributed by atoms with Crippen molar-refractivity contribution in [2.75, 3.05) is 0 Å². The lowest BCUT2D eigenvalue weighted by Gasteiger charge is -2.21. The number of hydrogen-bond donors (Lipinski definition) is 1. The van der Waals surface area contributed by atoms with Gasteiger partial charge in [0.15, 0.2) is 0 Å². The van der Waals surface area contributed by atoms with Gasteiger partial charge in [-0.15, -0.1) is 0 Å². The highest BCUT2D eigenvalue weighted by Crippen LogP contribution is 2.26. The van der Waals surface area contributed by atoms with E-state index in [2.05, 4.69) is 13.8 Å². The molecule has 0 aliphatic carbocycles. The van der Waals surface area contributed by atoms with Gasteiger partial charge in [-0.05, 0) is 42.9 Å². The van der Waals surface area contributed by atoms with E-state index in [1.807, 2.05) is 12.1 Å². The predicted molar refractivity (Wildman–Crippen MR) is 71.5 cm³/mol. The molecule has 0 amide bonds. The maximum Gasteiger partial charge on any atom is 0.129 e. The number of aryl methyl sites for hydroxylation is 2. The van der Waals surface area contributed by atoms with Gasteiger partial charge in [0, 0.05) is 6.04 Å². The van der Waals surface area contributed by atoms with Crippen LogP contribution in [0.3, 0.4) is 0 Å². The van der Waals surface area contributed by atoms with Gasteiger partial charge >= 0.3 is 0 Å². The van der Waals surface area contributed by atoms with Gasteiger partial charge in [0.2, 0.25) is 0 Å². The average Bonchev–Trinajstić information content (AvgIpc) is 2.31. The number of rotatable bonds is 5. The van der Waals surface area contributed by atoms with Crippen molar-refractivity contribution in [2.45, 2.75) is 53.0 Å². The summed E-state index contributed by atoms with van der Waals surface area (Å²) < 4.78 is 13.5. The molecular formula is C15H24FN. The monoisotopic (exact) mass is 237 g/mol. The van der Waals surface area contributed by atoms with Gasteiger partial charge in [-0.25, -0.2) is 4.39 Å². The number of benzene rings is 1. The summed E-state index contributed by atoms with van der Waals surface area (Å²) in [5.74, 6) is 0.335. The zero-order chi connectivity index (χ0) is 13.0. The fraction of sp³-hybridized carbons (Fsp3) is 0.600. The van der Waals surface area contributed by atoms with Crippen LogP contribution in [0.4, 0.5) is 4.39 Å². The molecular weight excluding hydrogens is 213 g/mol. The van der Waals surface area contributed by atoms with Gasteiger partial charge in [0.1, 0.15) is 5.82 Å². The molecule has 0 aliphatic heterocycles. The summed E-state index contributed by atoms with van der Waals surface area (Å²) in [7, 11) is 0. The second-order valence-electron chi connectivity index (χ2n) is 5.11. The van der Waals surface area contributed by atoms with Crippen molar-refractivity contribution < 1.29 is 4.39 Å². The van der Waals surface area contributed by atoms with Crippen molar-refractivity contribution >= 4 is 0 Å². The third-order valence-corrected chi connectivity index (χ3v) is 3.47. The van der Waals surface area contributed by atoms with E-state index in [4.69, 9.17) is 5.73 Å². The third-order valence-electron chi connectivity index (χ3n) is 3.47. The van der Waals surface area contributed by atoms with E-state index < -0.39 is 0 Å². The van der Waals surface area contributed by atoms with E-state index in [9.17, 15) is 4.39 Å². The Labute approximate surface area is 104 Å². The number of halogens is 1. The van der Waals surface area contributed by atoms with Gasteiger partial charge in [0.25, 0.3) is 0 Å². The summed E-state index contributed by atoms with van der Waals surface area (Å²) in [5.41, 5.74) is 8.69. The average molecular weight is 237 g/mol. The Morgan fingerprint density at radius 3 is 2.24 bits per heavy atom. The largest absolute Gasteiger partial charge is 0.324 e. The fourth-order valence-corrected chi connectivity index (χ4v) is 2.21. The lowest BCUT2D eigenvalue weighted by Crippen LogP contribution is -2.19. The quantitative estimate of drug-likeness (QED) is 0.813. The van der Waals surface area contributed by atoms with Gasteiger partial charge in [-0.2, -0.15) is 0 Å². The summed E-state index contributed by atoms with van der Waals surface area (Å²) >= 11 is 0. The summed E-state index contributed by atoms with van der Waals surface area (Å²) in [6.45, 7) is 7.96. The first kappa shape index (κ1) is 14.2. The Bertz CT molecular complexity index is 350. The highest BCUT2D eigenvalue weighted by atomic mass is 19.1. The summed E-state index contributed by atoms with van der Waals surface area (Å²) in [6.07, 6.45) is 3.53. The molecule has 0 bridgehead atoms. The van der Waals surface area contributed by atoms with Gasteiger partial charge in [-0.1, -0.05) is 38.8 Å². The van der Waals surface area contributed by atoms with Crippen LogP contribution < -0.4 is 5.73 Å². The molecule has 0 saturated carbocycles. The van der Waals surface area contributed by atoms with E-state index in [0.29, 0.717) is 17.0 Å². The second-order valence-corrected chi connectivity index (χ2v) is 5.11. The highest BCUT2D eigenvalue weighted by Gasteiger charge is 2.16. The van der Waals surface area contributed by atoms with Crippen LogP contribution in [0.5, 0.6) is 0 Å². The van der Waals surface area contributed by atoms with Crippen molar-refractivity contribution in [3.8, 4) is 0 Å². The molecule has 2 atom stereocenters. The molecule has 96 valence electrons. The molecule has 0 fully saturated rings. The molecule has 0 spiro atoms. The first-order chi connectivity index (χ1) is 7.97. The molecule has 0 aromatic heterocycles. The minimum atomic E-state index is -0.109. The van der Waals surface area contributed by atoms with Crippen LogP contribution in [0.2, 0.25) is 0 Å². The van der Waals surface area contributed by atoms with Crippen LogP contribution in [0, 0.1) is 25.6 Å². The lowest BCUT2D eigenvalue weighted by molar-refractivity contribution is 0.422. The van der Waals surface area contributed by atoms with Crippen LogP contribution in [0.1, 0.15) is 55.8 Å². The SMILES string of the molecule is CCCCC(C)C(N)c1cc(C)c(F)c(C)c1. The molecule has 1 aromatic carbocycles. The van der Waals surface area contributed by atoms with E-state index >= 15 is 0 Å². The van der Waals surface area contributed by atoms with Crippen LogP contribution in [0.15, 0.2) is 12.1 Å². The van der Waals surface area contributed by atoms with Crippen molar-refractivity contribution in [1.29, 1.82) is 0 Å². The van der Waals surface area contributed by atoms with E-state index in [-0.39, 0.29) is 11.9 Å². The second kappa shape index (κ2) is 6.15. The van der Waals surface area contributed by atoms with Crippen molar-refractivity contribution in [1.82, 2.24) is 0 Å². The maximum atomic E-state index is 13.5. The zero-order valence-electron chi connectivity index (χ0n) is 11.4. The summed E-state index contributed by atoms with van der Waals surface area (Å²) in [6, 6.07) is 3.78. The Morgan fingerprint density at radius 2 is 1.76 bits per heavy atom. The first-order valence-corrected chi connectivity index (χ1v) is 6.49. The lowest BCUT2D eigenvalue weighted by atomic mass is 9.89. The molecule has 1 nitrogen and oxygen atoms in total. The number of hydrogen-bond acceptors (Lipinski definition) is 1. The van der Waals surface area contributed by atoms with Gasteiger partial charge < -0.3 is 5.73 Å². The zero-order valence-corrected chi connectivity index (χ0v) is 11.4. The molecule has 0 radical (unpaired) electrons. The maximum absolute atomic E-state index is 13.5. The fourth-order valence-electron chi connectivity index (χ4n) is 2.21. The first-order valence-electron chi connectivity index (χ1n) is 6.49. The molecule has 1 rings (SSSR count). The predicted octanol–water partition coefficient (Wildman–Crippen LogP) is 4.27. The molecule has 0 aliphatic rings. The molecule has 17 heavy (non-hydrogen) atoms. The van der Waals surface area contributed by atoms with Gasteiger partial charge in [-0.3, -0.25) is 0 Å². The number of nitrogens with two attached hydrogens (primary N) is 1. The minimum Gasteiger partial charge on any atom is -0.324 e. The Kier molecular flexibility index (Phi) is 5.13.